The van der Waals surface area contributed by atoms with Crippen molar-refractivity contribution < 1.29 is 29.1 Å². The predicted molar refractivity (Wildman–Crippen MR) is 154 cm³/mol. The molecule has 0 radical (unpaired) electrons. The van der Waals surface area contributed by atoms with Crippen molar-refractivity contribution in [2.75, 3.05) is 21.1 Å². The van der Waals surface area contributed by atoms with Crippen molar-refractivity contribution in [1.82, 2.24) is 15.1 Å². The SMILES string of the molecule is CC(=O)CC(CCC(=O)/C(C)=C/[C@H](C(C)C)N(C)C(=O)[C@@H](NC(=O)[C@@H](N(C)C)C(C)(C)C)C(C)(C)C)C(=O)O. The number of allylic oxidation sites excluding steroid dienone is 1. The van der Waals surface area contributed by atoms with E-state index < -0.39 is 35.4 Å². The zero-order chi connectivity index (χ0) is 31.0. The van der Waals surface area contributed by atoms with Gasteiger partial charge in [0.2, 0.25) is 11.8 Å². The van der Waals surface area contributed by atoms with E-state index in [9.17, 15) is 29.1 Å². The normalized spacial score (nSPS) is 15.9. The summed E-state index contributed by atoms with van der Waals surface area (Å²) in [7, 11) is 5.36. The van der Waals surface area contributed by atoms with Gasteiger partial charge in [0, 0.05) is 19.9 Å². The van der Waals surface area contributed by atoms with E-state index in [-0.39, 0.29) is 54.0 Å². The van der Waals surface area contributed by atoms with Crippen LogP contribution in [0.25, 0.3) is 0 Å². The number of likely N-dealkylation sites (N-methyl/N-ethyl adjacent to an activating group) is 2. The van der Waals surface area contributed by atoms with Gasteiger partial charge in [0.15, 0.2) is 5.78 Å². The largest absolute Gasteiger partial charge is 0.481 e. The lowest BCUT2D eigenvalue weighted by Crippen LogP contribution is -2.60. The Morgan fingerprint density at radius 1 is 0.897 bits per heavy atom. The van der Waals surface area contributed by atoms with Crippen molar-refractivity contribution >= 4 is 29.4 Å². The van der Waals surface area contributed by atoms with Crippen LogP contribution in [0, 0.1) is 22.7 Å². The molecule has 0 bridgehead atoms. The van der Waals surface area contributed by atoms with Crippen molar-refractivity contribution in [3.63, 3.8) is 0 Å². The molecule has 0 saturated carbocycles. The third-order valence-corrected chi connectivity index (χ3v) is 6.93. The minimum Gasteiger partial charge on any atom is -0.481 e. The summed E-state index contributed by atoms with van der Waals surface area (Å²) in [6.45, 7) is 18.5. The molecule has 0 aliphatic carbocycles. The maximum atomic E-state index is 13.8. The molecule has 0 aromatic heterocycles. The fraction of sp³-hybridized carbons (Fsp3) is 0.767. The van der Waals surface area contributed by atoms with Crippen LogP contribution in [0.15, 0.2) is 11.6 Å². The summed E-state index contributed by atoms with van der Waals surface area (Å²) in [5.74, 6) is -2.98. The number of rotatable bonds is 14. The van der Waals surface area contributed by atoms with Gasteiger partial charge in [-0.1, -0.05) is 61.5 Å². The Bertz CT molecular complexity index is 924. The van der Waals surface area contributed by atoms with Crippen LogP contribution in [-0.4, -0.2) is 83.5 Å². The minimum absolute atomic E-state index is 0.00550. The van der Waals surface area contributed by atoms with Crippen LogP contribution < -0.4 is 5.32 Å². The molecule has 0 saturated heterocycles. The Balaban J connectivity index is 5.97. The van der Waals surface area contributed by atoms with E-state index >= 15 is 0 Å². The molecule has 0 heterocycles. The highest BCUT2D eigenvalue weighted by molar-refractivity contribution is 5.95. The number of amides is 2. The molecule has 9 nitrogen and oxygen atoms in total. The van der Waals surface area contributed by atoms with Crippen molar-refractivity contribution in [2.24, 2.45) is 22.7 Å². The quantitative estimate of drug-likeness (QED) is 0.313. The molecule has 2 N–H and O–H groups in total. The Kier molecular flexibility index (Phi) is 13.8. The van der Waals surface area contributed by atoms with Gasteiger partial charge in [-0.3, -0.25) is 24.1 Å². The smallest absolute Gasteiger partial charge is 0.306 e. The average molecular weight is 552 g/mol. The lowest BCUT2D eigenvalue weighted by atomic mass is 9.82. The van der Waals surface area contributed by atoms with Crippen LogP contribution >= 0.6 is 0 Å². The van der Waals surface area contributed by atoms with E-state index in [2.05, 4.69) is 5.32 Å². The van der Waals surface area contributed by atoms with Gasteiger partial charge in [0.05, 0.1) is 18.0 Å². The standard InChI is InChI=1S/C30H53N3O6/c1-18(2)22(16-19(3)23(35)15-14-21(28(38)39)17-20(4)34)33(13)27(37)24(29(5,6)7)31-26(36)25(32(11)12)30(8,9)10/h16,18,21-22,24-25H,14-15,17H2,1-13H3,(H,31,36)(H,38,39)/b19-16+/t21?,22-,24-,25-/m1/s1. The molecule has 39 heavy (non-hydrogen) atoms. The third kappa shape index (κ3) is 11.6. The average Bonchev–Trinajstić information content (AvgIpc) is 2.74. The predicted octanol–water partition coefficient (Wildman–Crippen LogP) is 3.95. The fourth-order valence-electron chi connectivity index (χ4n) is 4.89. The number of hydrogen-bond acceptors (Lipinski definition) is 6. The van der Waals surface area contributed by atoms with E-state index in [1.165, 1.54) is 6.92 Å². The molecule has 0 aromatic rings. The van der Waals surface area contributed by atoms with E-state index in [1.807, 2.05) is 74.4 Å². The molecule has 9 heteroatoms. The zero-order valence-electron chi connectivity index (χ0n) is 26.5. The lowest BCUT2D eigenvalue weighted by molar-refractivity contribution is -0.144. The topological polar surface area (TPSA) is 124 Å². The van der Waals surface area contributed by atoms with Crippen LogP contribution in [0.3, 0.4) is 0 Å². The summed E-state index contributed by atoms with van der Waals surface area (Å²) < 4.78 is 0. The lowest BCUT2D eigenvalue weighted by Gasteiger charge is -2.40. The number of ketones is 2. The van der Waals surface area contributed by atoms with Crippen LogP contribution in [-0.2, 0) is 24.0 Å². The molecule has 4 atom stereocenters. The number of carbonyl (C=O) groups excluding carboxylic acids is 4. The van der Waals surface area contributed by atoms with Gasteiger partial charge in [0.1, 0.15) is 11.8 Å². The first-order valence-electron chi connectivity index (χ1n) is 13.7. The number of Topliss-reactive ketones (excluding diaryl/α,β-unsaturated/α-hetero) is 2. The van der Waals surface area contributed by atoms with E-state index in [0.29, 0.717) is 5.57 Å². The first-order valence-corrected chi connectivity index (χ1v) is 13.7. The molecule has 0 spiro atoms. The minimum atomic E-state index is -1.09. The highest BCUT2D eigenvalue weighted by Crippen LogP contribution is 2.27. The number of aliphatic carboxylic acids is 1. The number of nitrogens with zero attached hydrogens (tertiary/aromatic N) is 2. The molecular weight excluding hydrogens is 498 g/mol. The van der Waals surface area contributed by atoms with Crippen molar-refractivity contribution in [1.29, 1.82) is 0 Å². The number of carboxylic acid groups (broad SMARTS) is 1. The van der Waals surface area contributed by atoms with E-state index in [0.717, 1.165) is 0 Å². The second-order valence-electron chi connectivity index (χ2n) is 13.5. The zero-order valence-corrected chi connectivity index (χ0v) is 26.5. The van der Waals surface area contributed by atoms with Crippen molar-refractivity contribution in [2.45, 2.75) is 107 Å². The Hall–Kier alpha value is -2.55. The number of carboxylic acids is 1. The highest BCUT2D eigenvalue weighted by atomic mass is 16.4. The summed E-state index contributed by atoms with van der Waals surface area (Å²) >= 11 is 0. The summed E-state index contributed by atoms with van der Waals surface area (Å²) in [6, 6.07) is -1.67. The summed E-state index contributed by atoms with van der Waals surface area (Å²) in [6.07, 6.45) is 1.69. The van der Waals surface area contributed by atoms with Crippen LogP contribution in [0.2, 0.25) is 0 Å². The second-order valence-corrected chi connectivity index (χ2v) is 13.5. The van der Waals surface area contributed by atoms with Gasteiger partial charge in [-0.25, -0.2) is 0 Å². The van der Waals surface area contributed by atoms with Gasteiger partial charge >= 0.3 is 5.97 Å². The number of carbonyl (C=O) groups is 5. The molecule has 0 aliphatic rings. The van der Waals surface area contributed by atoms with Crippen LogP contribution in [0.5, 0.6) is 0 Å². The van der Waals surface area contributed by atoms with E-state index in [4.69, 9.17) is 0 Å². The fourth-order valence-corrected chi connectivity index (χ4v) is 4.89. The van der Waals surface area contributed by atoms with Crippen molar-refractivity contribution in [3.05, 3.63) is 11.6 Å². The Labute approximate surface area is 235 Å². The summed E-state index contributed by atoms with van der Waals surface area (Å²) in [4.78, 5) is 66.4. The first kappa shape index (κ1) is 36.5. The van der Waals surface area contributed by atoms with Gasteiger partial charge < -0.3 is 20.1 Å². The Morgan fingerprint density at radius 3 is 1.77 bits per heavy atom. The molecule has 0 fully saturated rings. The Morgan fingerprint density at radius 2 is 1.41 bits per heavy atom. The van der Waals surface area contributed by atoms with Gasteiger partial charge in [0.25, 0.3) is 0 Å². The monoisotopic (exact) mass is 551 g/mol. The second kappa shape index (κ2) is 14.7. The molecule has 224 valence electrons. The van der Waals surface area contributed by atoms with Crippen molar-refractivity contribution in [3.8, 4) is 0 Å². The van der Waals surface area contributed by atoms with Crippen LogP contribution in [0.4, 0.5) is 0 Å². The maximum Gasteiger partial charge on any atom is 0.306 e. The molecule has 0 aromatic carbocycles. The first-order chi connectivity index (χ1) is 17.5. The van der Waals surface area contributed by atoms with Crippen LogP contribution in [0.1, 0.15) is 88.5 Å². The van der Waals surface area contributed by atoms with Gasteiger partial charge in [-0.15, -0.1) is 0 Å². The molecule has 0 rings (SSSR count). The summed E-state index contributed by atoms with van der Waals surface area (Å²) in [5.41, 5.74) is -0.499. The maximum absolute atomic E-state index is 13.8. The molecular formula is C30H53N3O6. The highest BCUT2D eigenvalue weighted by Gasteiger charge is 2.41. The summed E-state index contributed by atoms with van der Waals surface area (Å²) in [5, 5.41) is 12.4. The molecule has 1 unspecified atom stereocenters. The third-order valence-electron chi connectivity index (χ3n) is 6.93. The van der Waals surface area contributed by atoms with E-state index in [1.54, 1.807) is 24.9 Å². The number of nitrogens with one attached hydrogen (secondary N) is 1. The van der Waals surface area contributed by atoms with Gasteiger partial charge in [-0.2, -0.15) is 0 Å². The molecule has 0 aliphatic heterocycles. The van der Waals surface area contributed by atoms with Gasteiger partial charge in [-0.05, 0) is 56.7 Å². The number of hydrogen-bond donors (Lipinski definition) is 2. The molecule has 2 amide bonds.